The van der Waals surface area contributed by atoms with Crippen LogP contribution in [0, 0.1) is 11.8 Å². The van der Waals surface area contributed by atoms with Gasteiger partial charge in [0.25, 0.3) is 0 Å². The highest BCUT2D eigenvalue weighted by molar-refractivity contribution is 4.84. The van der Waals surface area contributed by atoms with Crippen molar-refractivity contribution in [1.82, 2.24) is 5.32 Å². The summed E-state index contributed by atoms with van der Waals surface area (Å²) < 4.78 is 0. The maximum absolute atomic E-state index is 3.84. The molecular formula is C16H29N. The smallest absolute Gasteiger partial charge is 0.00683 e. The molecule has 2 aliphatic carbocycles. The van der Waals surface area contributed by atoms with E-state index in [1.807, 2.05) is 0 Å². The van der Waals surface area contributed by atoms with Gasteiger partial charge in [0, 0.05) is 6.04 Å². The highest BCUT2D eigenvalue weighted by Crippen LogP contribution is 2.32. The molecule has 1 N–H and O–H groups in total. The predicted molar refractivity (Wildman–Crippen MR) is 75.1 cm³/mol. The monoisotopic (exact) mass is 235 g/mol. The van der Waals surface area contributed by atoms with Crippen LogP contribution in [0.5, 0.6) is 0 Å². The van der Waals surface area contributed by atoms with E-state index in [4.69, 9.17) is 0 Å². The number of hydrogen-bond acceptors (Lipinski definition) is 1. The number of rotatable bonds is 7. The molecule has 17 heavy (non-hydrogen) atoms. The normalized spacial score (nSPS) is 29.9. The van der Waals surface area contributed by atoms with Gasteiger partial charge in [0.05, 0.1) is 0 Å². The third-order valence-corrected chi connectivity index (χ3v) is 4.55. The molecule has 2 fully saturated rings. The van der Waals surface area contributed by atoms with Crippen molar-refractivity contribution < 1.29 is 0 Å². The standard InChI is InChI=1S/C16H29N/c1-2-3-5-8-14-9-6-4-7-10-15(14)13-17-16-11-12-16/h2,14-17H,1,3-13H2. The predicted octanol–water partition coefficient (Wildman–Crippen LogP) is 4.29. The lowest BCUT2D eigenvalue weighted by Crippen LogP contribution is -2.29. The van der Waals surface area contributed by atoms with Gasteiger partial charge in [0.2, 0.25) is 0 Å². The number of allylic oxidation sites excluding steroid dienone is 1. The fraction of sp³-hybridized carbons (Fsp3) is 0.875. The van der Waals surface area contributed by atoms with E-state index in [9.17, 15) is 0 Å². The van der Waals surface area contributed by atoms with E-state index < -0.39 is 0 Å². The van der Waals surface area contributed by atoms with Gasteiger partial charge in [-0.15, -0.1) is 6.58 Å². The second kappa shape index (κ2) is 7.20. The van der Waals surface area contributed by atoms with Crippen molar-refractivity contribution in [3.05, 3.63) is 12.7 Å². The van der Waals surface area contributed by atoms with E-state index in [1.165, 1.54) is 70.8 Å². The van der Waals surface area contributed by atoms with Gasteiger partial charge in [-0.25, -0.2) is 0 Å². The Kier molecular flexibility index (Phi) is 5.57. The lowest BCUT2D eigenvalue weighted by atomic mass is 9.84. The summed E-state index contributed by atoms with van der Waals surface area (Å²) in [6.45, 7) is 5.13. The summed E-state index contributed by atoms with van der Waals surface area (Å²) in [7, 11) is 0. The second-order valence-electron chi connectivity index (χ2n) is 6.06. The Balaban J connectivity index is 1.75. The van der Waals surface area contributed by atoms with Crippen LogP contribution in [-0.4, -0.2) is 12.6 Å². The minimum Gasteiger partial charge on any atom is -0.314 e. The third kappa shape index (κ3) is 4.83. The van der Waals surface area contributed by atoms with E-state index in [-0.39, 0.29) is 0 Å². The van der Waals surface area contributed by atoms with Gasteiger partial charge in [-0.2, -0.15) is 0 Å². The lowest BCUT2D eigenvalue weighted by molar-refractivity contribution is 0.278. The molecule has 0 aromatic heterocycles. The van der Waals surface area contributed by atoms with Gasteiger partial charge in [-0.1, -0.05) is 31.8 Å². The molecule has 0 amide bonds. The fourth-order valence-electron chi connectivity index (χ4n) is 3.24. The summed E-state index contributed by atoms with van der Waals surface area (Å²) in [5.74, 6) is 1.95. The van der Waals surface area contributed by atoms with E-state index in [0.717, 1.165) is 17.9 Å². The molecule has 0 aromatic carbocycles. The first-order valence-corrected chi connectivity index (χ1v) is 7.74. The summed E-state index contributed by atoms with van der Waals surface area (Å²) in [5.41, 5.74) is 0. The zero-order valence-corrected chi connectivity index (χ0v) is 11.3. The van der Waals surface area contributed by atoms with Gasteiger partial charge in [0.1, 0.15) is 0 Å². The quantitative estimate of drug-likeness (QED) is 0.394. The van der Waals surface area contributed by atoms with E-state index in [1.54, 1.807) is 0 Å². The summed E-state index contributed by atoms with van der Waals surface area (Å²) in [6.07, 6.45) is 16.3. The Morgan fingerprint density at radius 3 is 2.47 bits per heavy atom. The van der Waals surface area contributed by atoms with Gasteiger partial charge >= 0.3 is 0 Å². The number of nitrogens with one attached hydrogen (secondary N) is 1. The molecule has 1 heteroatoms. The molecule has 0 saturated heterocycles. The Labute approximate surface area is 107 Å². The van der Waals surface area contributed by atoms with Crippen LogP contribution in [0.4, 0.5) is 0 Å². The zero-order valence-electron chi connectivity index (χ0n) is 11.3. The van der Waals surface area contributed by atoms with Crippen molar-refractivity contribution in [3.63, 3.8) is 0 Å². The highest BCUT2D eigenvalue weighted by atomic mass is 14.9. The van der Waals surface area contributed by atoms with Crippen LogP contribution in [0.3, 0.4) is 0 Å². The molecule has 98 valence electrons. The Hall–Kier alpha value is -0.300. The molecule has 2 aliphatic rings. The Bertz CT molecular complexity index is 220. The molecule has 1 nitrogen and oxygen atoms in total. The van der Waals surface area contributed by atoms with Crippen LogP contribution < -0.4 is 5.32 Å². The Morgan fingerprint density at radius 1 is 1.00 bits per heavy atom. The number of hydrogen-bond donors (Lipinski definition) is 1. The van der Waals surface area contributed by atoms with Crippen molar-refractivity contribution >= 4 is 0 Å². The first kappa shape index (κ1) is 13.1. The molecule has 0 spiro atoms. The van der Waals surface area contributed by atoms with Crippen molar-refractivity contribution in [2.24, 2.45) is 11.8 Å². The zero-order chi connectivity index (χ0) is 11.9. The van der Waals surface area contributed by atoms with Crippen LogP contribution >= 0.6 is 0 Å². The van der Waals surface area contributed by atoms with Gasteiger partial charge < -0.3 is 5.32 Å². The summed E-state index contributed by atoms with van der Waals surface area (Å²) in [4.78, 5) is 0. The van der Waals surface area contributed by atoms with E-state index in [0.29, 0.717) is 0 Å². The molecule has 2 rings (SSSR count). The van der Waals surface area contributed by atoms with Crippen molar-refractivity contribution in [2.45, 2.75) is 70.3 Å². The maximum Gasteiger partial charge on any atom is 0.00683 e. The topological polar surface area (TPSA) is 12.0 Å². The number of unbranched alkanes of at least 4 members (excludes halogenated alkanes) is 1. The third-order valence-electron chi connectivity index (χ3n) is 4.55. The van der Waals surface area contributed by atoms with Gasteiger partial charge in [0.15, 0.2) is 0 Å². The Morgan fingerprint density at radius 2 is 1.76 bits per heavy atom. The highest BCUT2D eigenvalue weighted by Gasteiger charge is 2.26. The molecule has 0 radical (unpaired) electrons. The molecule has 0 aliphatic heterocycles. The average Bonchev–Trinajstić information content (AvgIpc) is 3.14. The lowest BCUT2D eigenvalue weighted by Gasteiger charge is -2.25. The van der Waals surface area contributed by atoms with Gasteiger partial charge in [-0.05, 0) is 56.9 Å². The first-order chi connectivity index (χ1) is 8.40. The van der Waals surface area contributed by atoms with Crippen LogP contribution in [0.25, 0.3) is 0 Å². The summed E-state index contributed by atoms with van der Waals surface area (Å²) in [5, 5.41) is 3.75. The molecule has 0 aromatic rings. The van der Waals surface area contributed by atoms with Crippen molar-refractivity contribution in [3.8, 4) is 0 Å². The average molecular weight is 235 g/mol. The fourth-order valence-corrected chi connectivity index (χ4v) is 3.24. The van der Waals surface area contributed by atoms with Crippen LogP contribution in [-0.2, 0) is 0 Å². The van der Waals surface area contributed by atoms with E-state index in [2.05, 4.69) is 18.0 Å². The van der Waals surface area contributed by atoms with Crippen LogP contribution in [0.2, 0.25) is 0 Å². The first-order valence-electron chi connectivity index (χ1n) is 7.74. The molecule has 2 unspecified atom stereocenters. The van der Waals surface area contributed by atoms with Gasteiger partial charge in [-0.3, -0.25) is 0 Å². The van der Waals surface area contributed by atoms with Crippen LogP contribution in [0.1, 0.15) is 64.2 Å². The minimum atomic E-state index is 0.882. The SMILES string of the molecule is C=CCCCC1CCCCCC1CNC1CC1. The van der Waals surface area contributed by atoms with Crippen molar-refractivity contribution in [2.75, 3.05) is 6.54 Å². The maximum atomic E-state index is 3.84. The minimum absolute atomic E-state index is 0.882. The molecular weight excluding hydrogens is 206 g/mol. The molecule has 0 bridgehead atoms. The summed E-state index contributed by atoms with van der Waals surface area (Å²) in [6, 6.07) is 0.882. The second-order valence-corrected chi connectivity index (χ2v) is 6.06. The molecule has 2 saturated carbocycles. The molecule has 2 atom stereocenters. The summed E-state index contributed by atoms with van der Waals surface area (Å²) >= 11 is 0. The van der Waals surface area contributed by atoms with Crippen LogP contribution in [0.15, 0.2) is 12.7 Å². The van der Waals surface area contributed by atoms with Crippen molar-refractivity contribution in [1.29, 1.82) is 0 Å². The largest absolute Gasteiger partial charge is 0.314 e. The van der Waals surface area contributed by atoms with E-state index >= 15 is 0 Å². The molecule has 0 heterocycles.